The summed E-state index contributed by atoms with van der Waals surface area (Å²) in [5, 5.41) is 4.95. The van der Waals surface area contributed by atoms with E-state index in [1.54, 1.807) is 17.8 Å². The number of hydrogen-bond donors (Lipinski definition) is 2. The van der Waals surface area contributed by atoms with Crippen LogP contribution in [0.5, 0.6) is 0 Å². The first-order valence-electron chi connectivity index (χ1n) is 7.67. The van der Waals surface area contributed by atoms with Gasteiger partial charge in [0.1, 0.15) is 0 Å². The second-order valence-electron chi connectivity index (χ2n) is 5.55. The summed E-state index contributed by atoms with van der Waals surface area (Å²) >= 11 is 1.74. The zero-order valence-electron chi connectivity index (χ0n) is 12.4. The van der Waals surface area contributed by atoms with Crippen molar-refractivity contribution in [2.45, 2.75) is 68.8 Å². The van der Waals surface area contributed by atoms with E-state index >= 15 is 0 Å². The van der Waals surface area contributed by atoms with E-state index in [4.69, 9.17) is 0 Å². The topological polar surface area (TPSA) is 57.8 Å². The van der Waals surface area contributed by atoms with Gasteiger partial charge in [0, 0.05) is 23.1 Å². The van der Waals surface area contributed by atoms with E-state index in [1.807, 2.05) is 6.92 Å². The number of nitrogens with one attached hydrogen (secondary N) is 2. The molecular weight excluding hydrogens is 270 g/mol. The van der Waals surface area contributed by atoms with E-state index in [0.29, 0.717) is 11.3 Å². The number of hydrogen-bond acceptors (Lipinski definition) is 4. The summed E-state index contributed by atoms with van der Waals surface area (Å²) in [4.78, 5) is 18.9. The van der Waals surface area contributed by atoms with E-state index in [1.165, 1.54) is 32.1 Å². The zero-order chi connectivity index (χ0) is 14.4. The molecule has 1 aliphatic rings. The minimum absolute atomic E-state index is 0.0494. The molecule has 0 amide bonds. The van der Waals surface area contributed by atoms with Crippen LogP contribution >= 0.6 is 11.8 Å². The molecule has 1 heterocycles. The number of H-pyrrole nitrogens is 1. The molecule has 0 aliphatic heterocycles. The summed E-state index contributed by atoms with van der Waals surface area (Å²) in [6.45, 7) is 5.14. The molecule has 1 aliphatic carbocycles. The lowest BCUT2D eigenvalue weighted by Gasteiger charge is -2.25. The molecule has 20 heavy (non-hydrogen) atoms. The molecule has 2 atom stereocenters. The number of rotatable bonds is 5. The number of aromatic amines is 1. The standard InChI is InChI=1S/C15H25N3OS/c1-3-9-16-12-7-5-4-6-8-13(12)20-15-17-11(2)10-14(19)18-15/h10,12-13,16H,3-9H2,1-2H3,(H,17,18,19). The van der Waals surface area contributed by atoms with Crippen molar-refractivity contribution in [2.24, 2.45) is 0 Å². The molecule has 1 aromatic heterocycles. The van der Waals surface area contributed by atoms with Crippen molar-refractivity contribution in [1.82, 2.24) is 15.3 Å². The Morgan fingerprint density at radius 2 is 2.20 bits per heavy atom. The third-order valence-electron chi connectivity index (χ3n) is 3.72. The first kappa shape index (κ1) is 15.6. The van der Waals surface area contributed by atoms with Crippen LogP contribution in [0.3, 0.4) is 0 Å². The highest BCUT2D eigenvalue weighted by molar-refractivity contribution is 7.99. The largest absolute Gasteiger partial charge is 0.313 e. The van der Waals surface area contributed by atoms with Crippen LogP contribution in [0.2, 0.25) is 0 Å². The van der Waals surface area contributed by atoms with Gasteiger partial charge in [0.15, 0.2) is 5.16 Å². The van der Waals surface area contributed by atoms with Crippen LogP contribution in [0.15, 0.2) is 16.0 Å². The quantitative estimate of drug-likeness (QED) is 0.648. The van der Waals surface area contributed by atoms with Gasteiger partial charge >= 0.3 is 0 Å². The Bertz CT molecular complexity index is 474. The van der Waals surface area contributed by atoms with E-state index in [-0.39, 0.29) is 5.56 Å². The van der Waals surface area contributed by atoms with Crippen molar-refractivity contribution < 1.29 is 0 Å². The normalized spacial score (nSPS) is 23.5. The molecule has 1 saturated carbocycles. The predicted octanol–water partition coefficient (Wildman–Crippen LogP) is 2.87. The van der Waals surface area contributed by atoms with E-state index in [2.05, 4.69) is 22.2 Å². The number of thioether (sulfide) groups is 1. The molecule has 0 spiro atoms. The summed E-state index contributed by atoms with van der Waals surface area (Å²) in [6.07, 6.45) is 7.48. The lowest BCUT2D eigenvalue weighted by Crippen LogP contribution is -2.38. The molecule has 0 bridgehead atoms. The second-order valence-corrected chi connectivity index (χ2v) is 6.77. The monoisotopic (exact) mass is 295 g/mol. The van der Waals surface area contributed by atoms with Gasteiger partial charge in [-0.1, -0.05) is 37.9 Å². The minimum atomic E-state index is -0.0494. The van der Waals surface area contributed by atoms with Gasteiger partial charge in [0.25, 0.3) is 5.56 Å². The summed E-state index contributed by atoms with van der Waals surface area (Å²) < 4.78 is 0. The lowest BCUT2D eigenvalue weighted by molar-refractivity contribution is 0.469. The Balaban J connectivity index is 2.07. The number of nitrogens with zero attached hydrogens (tertiary/aromatic N) is 1. The molecule has 0 radical (unpaired) electrons. The molecule has 2 rings (SSSR count). The average Bonchev–Trinajstić information content (AvgIpc) is 2.60. The van der Waals surface area contributed by atoms with Crippen LogP contribution in [-0.2, 0) is 0 Å². The molecule has 1 fully saturated rings. The molecule has 4 nitrogen and oxygen atoms in total. The van der Waals surface area contributed by atoms with Crippen molar-refractivity contribution >= 4 is 11.8 Å². The summed E-state index contributed by atoms with van der Waals surface area (Å²) in [7, 11) is 0. The fourth-order valence-corrected chi connectivity index (χ4v) is 4.05. The van der Waals surface area contributed by atoms with Gasteiger partial charge in [-0.25, -0.2) is 4.98 Å². The summed E-state index contributed by atoms with van der Waals surface area (Å²) in [5.41, 5.74) is 0.745. The Morgan fingerprint density at radius 3 is 2.95 bits per heavy atom. The molecule has 0 aromatic carbocycles. The SMILES string of the molecule is CCCNC1CCCCCC1Sc1nc(C)cc(=O)[nH]1. The highest BCUT2D eigenvalue weighted by atomic mass is 32.2. The first-order valence-corrected chi connectivity index (χ1v) is 8.55. The van der Waals surface area contributed by atoms with Crippen LogP contribution < -0.4 is 10.9 Å². The van der Waals surface area contributed by atoms with Gasteiger partial charge in [-0.05, 0) is 32.7 Å². The Kier molecular flexibility index (Phi) is 6.10. The van der Waals surface area contributed by atoms with E-state index in [9.17, 15) is 4.79 Å². The molecule has 5 heteroatoms. The van der Waals surface area contributed by atoms with Crippen LogP contribution in [0.4, 0.5) is 0 Å². The summed E-state index contributed by atoms with van der Waals surface area (Å²) in [5.74, 6) is 0. The Labute approximate surface area is 125 Å². The highest BCUT2D eigenvalue weighted by Gasteiger charge is 2.24. The van der Waals surface area contributed by atoms with Crippen LogP contribution in [0.25, 0.3) is 0 Å². The average molecular weight is 295 g/mol. The van der Waals surface area contributed by atoms with E-state index in [0.717, 1.165) is 23.8 Å². The van der Waals surface area contributed by atoms with Gasteiger partial charge in [0.05, 0.1) is 0 Å². The maximum absolute atomic E-state index is 11.5. The van der Waals surface area contributed by atoms with Gasteiger partial charge in [0.2, 0.25) is 0 Å². The van der Waals surface area contributed by atoms with Crippen molar-refractivity contribution in [1.29, 1.82) is 0 Å². The maximum Gasteiger partial charge on any atom is 0.251 e. The van der Waals surface area contributed by atoms with Crippen LogP contribution in [0, 0.1) is 6.92 Å². The maximum atomic E-state index is 11.5. The molecule has 112 valence electrons. The molecular formula is C15H25N3OS. The van der Waals surface area contributed by atoms with Crippen LogP contribution in [-0.4, -0.2) is 27.8 Å². The van der Waals surface area contributed by atoms with Crippen molar-refractivity contribution in [3.63, 3.8) is 0 Å². The Morgan fingerprint density at radius 1 is 1.40 bits per heavy atom. The van der Waals surface area contributed by atoms with Gasteiger partial charge in [-0.3, -0.25) is 4.79 Å². The number of aromatic nitrogens is 2. The fraction of sp³-hybridized carbons (Fsp3) is 0.733. The Hall–Kier alpha value is -0.810. The third kappa shape index (κ3) is 4.63. The zero-order valence-corrected chi connectivity index (χ0v) is 13.3. The van der Waals surface area contributed by atoms with Crippen molar-refractivity contribution in [3.8, 4) is 0 Å². The number of aryl methyl sites for hydroxylation is 1. The first-order chi connectivity index (χ1) is 9.69. The molecule has 2 N–H and O–H groups in total. The smallest absolute Gasteiger partial charge is 0.251 e. The highest BCUT2D eigenvalue weighted by Crippen LogP contribution is 2.31. The lowest BCUT2D eigenvalue weighted by atomic mass is 10.1. The van der Waals surface area contributed by atoms with Gasteiger partial charge < -0.3 is 10.3 Å². The van der Waals surface area contributed by atoms with E-state index < -0.39 is 0 Å². The van der Waals surface area contributed by atoms with Crippen LogP contribution in [0.1, 0.15) is 51.1 Å². The predicted molar refractivity (Wildman–Crippen MR) is 84.4 cm³/mol. The minimum Gasteiger partial charge on any atom is -0.313 e. The third-order valence-corrected chi connectivity index (χ3v) is 5.00. The van der Waals surface area contributed by atoms with Crippen molar-refractivity contribution in [3.05, 3.63) is 22.1 Å². The second kappa shape index (κ2) is 7.84. The molecule has 1 aromatic rings. The van der Waals surface area contributed by atoms with Gasteiger partial charge in [-0.2, -0.15) is 0 Å². The van der Waals surface area contributed by atoms with Crippen molar-refractivity contribution in [2.75, 3.05) is 6.54 Å². The summed E-state index contributed by atoms with van der Waals surface area (Å²) in [6, 6.07) is 2.08. The molecule has 2 unspecified atom stereocenters. The van der Waals surface area contributed by atoms with Gasteiger partial charge in [-0.15, -0.1) is 0 Å². The molecule has 0 saturated heterocycles. The fourth-order valence-electron chi connectivity index (χ4n) is 2.73.